The van der Waals surface area contributed by atoms with Crippen LogP contribution in [-0.4, -0.2) is 6.61 Å². The van der Waals surface area contributed by atoms with Crippen LogP contribution < -0.4 is 15.3 Å². The zero-order valence-corrected chi connectivity index (χ0v) is 8.34. The molecule has 0 radical (unpaired) electrons. The molecule has 16 heavy (non-hydrogen) atoms. The summed E-state index contributed by atoms with van der Waals surface area (Å²) in [6.07, 6.45) is 2.08. The van der Waals surface area contributed by atoms with Crippen LogP contribution in [0.3, 0.4) is 0 Å². The first kappa shape index (κ1) is 7.98. The first-order valence-corrected chi connectivity index (χ1v) is 5.11. The first-order valence-electron chi connectivity index (χ1n) is 5.11. The van der Waals surface area contributed by atoms with Gasteiger partial charge in [0.2, 0.25) is 0 Å². The number of rotatable bonds is 0. The molecule has 0 unspecified atom stereocenters. The van der Waals surface area contributed by atoms with Crippen molar-refractivity contribution < 1.29 is 4.74 Å². The summed E-state index contributed by atoms with van der Waals surface area (Å²) < 4.78 is 5.61. The molecule has 0 N–H and O–H groups in total. The highest BCUT2D eigenvalue weighted by Crippen LogP contribution is 2.30. The Morgan fingerprint density at radius 3 is 3.00 bits per heavy atom. The van der Waals surface area contributed by atoms with Crippen LogP contribution >= 0.6 is 0 Å². The van der Waals surface area contributed by atoms with E-state index in [9.17, 15) is 0 Å². The lowest BCUT2D eigenvalue weighted by Gasteiger charge is -2.04. The lowest BCUT2D eigenvalue weighted by atomic mass is 10.1. The molecule has 2 heterocycles. The topological polar surface area (TPSA) is 46.3 Å². The van der Waals surface area contributed by atoms with Crippen molar-refractivity contribution in [2.75, 3.05) is 6.61 Å². The molecule has 2 aromatic carbocycles. The lowest BCUT2D eigenvalue weighted by molar-refractivity contribution is 0.390. The van der Waals surface area contributed by atoms with Gasteiger partial charge in [0, 0.05) is 16.0 Å². The summed E-state index contributed by atoms with van der Waals surface area (Å²) >= 11 is 0. The minimum Gasteiger partial charge on any atom is -0.488 e. The molecule has 2 aromatic rings. The smallest absolute Gasteiger partial charge is 0.134 e. The van der Waals surface area contributed by atoms with Gasteiger partial charge in [-0.25, -0.2) is 0 Å². The highest BCUT2D eigenvalue weighted by Gasteiger charge is 2.13. The molecule has 0 aliphatic carbocycles. The standard InChI is InChI=1S/C12H7N3O/c1-2-8-9(12-7(1)5-6-16-12)3-4-10-11(8)14-15-13-10/h1-5H,6H2. The van der Waals surface area contributed by atoms with Gasteiger partial charge in [-0.2, -0.15) is 0 Å². The van der Waals surface area contributed by atoms with E-state index in [4.69, 9.17) is 4.74 Å². The average Bonchev–Trinajstić information content (AvgIpc) is 2.96. The Morgan fingerprint density at radius 2 is 2.00 bits per heavy atom. The molecule has 2 aliphatic rings. The van der Waals surface area contributed by atoms with Crippen molar-refractivity contribution in [3.8, 4) is 5.75 Å². The molecule has 4 rings (SSSR count). The van der Waals surface area contributed by atoms with Crippen LogP contribution in [0.15, 0.2) is 39.7 Å². The van der Waals surface area contributed by atoms with Crippen LogP contribution in [-0.2, 0) is 0 Å². The quantitative estimate of drug-likeness (QED) is 0.650. The molecular weight excluding hydrogens is 202 g/mol. The molecule has 0 aromatic heterocycles. The molecule has 76 valence electrons. The maximum atomic E-state index is 5.61. The molecule has 0 fully saturated rings. The molecule has 0 saturated carbocycles. The van der Waals surface area contributed by atoms with E-state index < -0.39 is 0 Å². The summed E-state index contributed by atoms with van der Waals surface area (Å²) in [4.78, 5) is 0. The Labute approximate surface area is 90.6 Å². The van der Waals surface area contributed by atoms with Gasteiger partial charge in [-0.15, -0.1) is 10.2 Å². The third-order valence-electron chi connectivity index (χ3n) is 2.96. The van der Waals surface area contributed by atoms with E-state index >= 15 is 0 Å². The van der Waals surface area contributed by atoms with Gasteiger partial charge in [-0.3, -0.25) is 0 Å². The number of hydrogen-bond acceptors (Lipinski definition) is 4. The van der Waals surface area contributed by atoms with Crippen molar-refractivity contribution in [2.24, 2.45) is 15.4 Å². The van der Waals surface area contributed by atoms with E-state index in [0.717, 1.165) is 32.8 Å². The zero-order valence-electron chi connectivity index (χ0n) is 8.34. The summed E-state index contributed by atoms with van der Waals surface area (Å²) in [6, 6.07) is 8.06. The van der Waals surface area contributed by atoms with Crippen molar-refractivity contribution in [2.45, 2.75) is 0 Å². The molecule has 2 aliphatic heterocycles. The van der Waals surface area contributed by atoms with E-state index in [1.807, 2.05) is 12.1 Å². The molecule has 0 atom stereocenters. The maximum absolute atomic E-state index is 5.61. The highest BCUT2D eigenvalue weighted by molar-refractivity contribution is 5.97. The van der Waals surface area contributed by atoms with Gasteiger partial charge >= 0.3 is 0 Å². The molecule has 0 spiro atoms. The van der Waals surface area contributed by atoms with Crippen LogP contribution in [0.4, 0.5) is 5.69 Å². The van der Waals surface area contributed by atoms with Gasteiger partial charge < -0.3 is 4.74 Å². The third-order valence-corrected chi connectivity index (χ3v) is 2.96. The normalized spacial score (nSPS) is 15.2. The van der Waals surface area contributed by atoms with Crippen LogP contribution in [0, 0.1) is 0 Å². The minimum atomic E-state index is 0.650. The van der Waals surface area contributed by atoms with Crippen LogP contribution in [0.1, 0.15) is 0 Å². The fourth-order valence-corrected chi connectivity index (χ4v) is 2.21. The van der Waals surface area contributed by atoms with Gasteiger partial charge in [-0.05, 0) is 23.4 Å². The Hall–Kier alpha value is -2.23. The summed E-state index contributed by atoms with van der Waals surface area (Å²) in [6.45, 7) is 0.650. The SMILES string of the molecule is C1=c2ccc3c4c(ccc3c2OC1)=NN=N4. The van der Waals surface area contributed by atoms with Crippen LogP contribution in [0.25, 0.3) is 16.8 Å². The maximum Gasteiger partial charge on any atom is 0.134 e. The number of fused-ring (bicyclic) bond motifs is 5. The molecule has 0 saturated heterocycles. The summed E-state index contributed by atoms with van der Waals surface area (Å²) in [5.41, 5.74) is 0.843. The molecule has 0 amide bonds. The second-order valence-electron chi connectivity index (χ2n) is 3.82. The van der Waals surface area contributed by atoms with Gasteiger partial charge in [-0.1, -0.05) is 12.1 Å². The van der Waals surface area contributed by atoms with Crippen molar-refractivity contribution in [3.05, 3.63) is 34.8 Å². The average molecular weight is 209 g/mol. The number of benzene rings is 2. The fourth-order valence-electron chi connectivity index (χ4n) is 2.21. The first-order chi connectivity index (χ1) is 7.93. The van der Waals surface area contributed by atoms with E-state index in [-0.39, 0.29) is 0 Å². The Balaban J connectivity index is 2.26. The molecular formula is C12H7N3O. The summed E-state index contributed by atoms with van der Waals surface area (Å²) in [5, 5.41) is 15.8. The van der Waals surface area contributed by atoms with E-state index in [0.29, 0.717) is 6.61 Å². The summed E-state index contributed by atoms with van der Waals surface area (Å²) in [7, 11) is 0. The Morgan fingerprint density at radius 1 is 1.06 bits per heavy atom. The number of ether oxygens (including phenoxy) is 1. The monoisotopic (exact) mass is 209 g/mol. The van der Waals surface area contributed by atoms with Gasteiger partial charge in [0.1, 0.15) is 23.4 Å². The Kier molecular flexibility index (Phi) is 1.33. The van der Waals surface area contributed by atoms with Gasteiger partial charge in [0.25, 0.3) is 0 Å². The van der Waals surface area contributed by atoms with Gasteiger partial charge in [0.05, 0.1) is 0 Å². The number of hydrogen-bond donors (Lipinski definition) is 0. The fraction of sp³-hybridized carbons (Fsp3) is 0.0833. The highest BCUT2D eigenvalue weighted by atomic mass is 16.5. The number of nitrogens with zero attached hydrogens (tertiary/aromatic N) is 3. The lowest BCUT2D eigenvalue weighted by Crippen LogP contribution is -2.02. The largest absolute Gasteiger partial charge is 0.488 e. The van der Waals surface area contributed by atoms with Crippen molar-refractivity contribution in [1.82, 2.24) is 0 Å². The van der Waals surface area contributed by atoms with E-state index in [1.54, 1.807) is 0 Å². The van der Waals surface area contributed by atoms with Gasteiger partial charge in [0.15, 0.2) is 0 Å². The second-order valence-corrected chi connectivity index (χ2v) is 3.82. The summed E-state index contributed by atoms with van der Waals surface area (Å²) in [5.74, 6) is 0.947. The molecule has 4 nitrogen and oxygen atoms in total. The van der Waals surface area contributed by atoms with Crippen molar-refractivity contribution >= 4 is 22.5 Å². The van der Waals surface area contributed by atoms with Crippen LogP contribution in [0.2, 0.25) is 0 Å². The minimum absolute atomic E-state index is 0.650. The van der Waals surface area contributed by atoms with E-state index in [1.165, 1.54) is 0 Å². The molecule has 4 heteroatoms. The zero-order chi connectivity index (χ0) is 10.5. The van der Waals surface area contributed by atoms with Crippen molar-refractivity contribution in [1.29, 1.82) is 0 Å². The third kappa shape index (κ3) is 0.863. The predicted octanol–water partition coefficient (Wildman–Crippen LogP) is 1.64. The van der Waals surface area contributed by atoms with E-state index in [2.05, 4.69) is 33.6 Å². The Bertz CT molecular complexity index is 762. The molecule has 0 bridgehead atoms. The second kappa shape index (κ2) is 2.66. The van der Waals surface area contributed by atoms with Crippen LogP contribution in [0.5, 0.6) is 5.75 Å². The predicted molar refractivity (Wildman–Crippen MR) is 59.2 cm³/mol. The van der Waals surface area contributed by atoms with Crippen molar-refractivity contribution in [3.63, 3.8) is 0 Å².